The maximum Gasteiger partial charge on any atom is 0.229 e. The van der Waals surface area contributed by atoms with Gasteiger partial charge in [-0.2, -0.15) is 0 Å². The molecule has 7 atom stereocenters. The van der Waals surface area contributed by atoms with Gasteiger partial charge in [0.2, 0.25) is 17.8 Å². The number of fused-ring (bicyclic) bond motifs is 1. The molecule has 1 aromatic rings. The highest BCUT2D eigenvalue weighted by Crippen LogP contribution is 2.41. The van der Waals surface area contributed by atoms with E-state index in [-0.39, 0.29) is 17.1 Å². The third-order valence-electron chi connectivity index (χ3n) is 5.56. The minimum absolute atomic E-state index is 0.0543. The molecule has 2 heterocycles. The number of benzene rings is 1. The average Bonchev–Trinajstić information content (AvgIpc) is 2.76. The summed E-state index contributed by atoms with van der Waals surface area (Å²) in [5.74, 6) is -4.90. The van der Waals surface area contributed by atoms with E-state index in [0.29, 0.717) is 0 Å². The second-order valence-corrected chi connectivity index (χ2v) is 7.76. The molecule has 0 aromatic heterocycles. The molecule has 2 aliphatic heterocycles. The number of phenols is 2. The second kappa shape index (κ2) is 8.57. The number of phenolic OH excluding ortho intramolecular Hbond substituents is 2. The fourth-order valence-electron chi connectivity index (χ4n) is 3.81. The summed E-state index contributed by atoms with van der Waals surface area (Å²) in [7, 11) is 0. The lowest BCUT2D eigenvalue weighted by molar-refractivity contribution is -0.291. The second-order valence-electron chi connectivity index (χ2n) is 7.76. The molecule has 33 heavy (non-hydrogen) atoms. The molecule has 0 radical (unpaired) electrons. The van der Waals surface area contributed by atoms with Crippen LogP contribution in [-0.4, -0.2) is 90.1 Å². The van der Waals surface area contributed by atoms with Crippen LogP contribution in [0.15, 0.2) is 47.6 Å². The van der Waals surface area contributed by atoms with Crippen molar-refractivity contribution in [1.82, 2.24) is 0 Å². The van der Waals surface area contributed by atoms with E-state index < -0.39 is 78.1 Å². The molecule has 12 heteroatoms. The van der Waals surface area contributed by atoms with E-state index in [9.17, 15) is 45.6 Å². The molecule has 0 saturated carbocycles. The van der Waals surface area contributed by atoms with Gasteiger partial charge in [-0.1, -0.05) is 0 Å². The first-order valence-electron chi connectivity index (χ1n) is 9.88. The number of Topliss-reactive ketones (excluding diaryl/α,β-unsaturated/α-hetero) is 1. The summed E-state index contributed by atoms with van der Waals surface area (Å²) in [4.78, 5) is 13.3. The highest BCUT2D eigenvalue weighted by molar-refractivity contribution is 6.04. The van der Waals surface area contributed by atoms with Crippen LogP contribution in [-0.2, 0) is 19.0 Å². The number of ketones is 1. The number of ether oxygens (including phenoxy) is 3. The quantitative estimate of drug-likeness (QED) is 0.253. The number of aliphatic hydroxyl groups excluding tert-OH is 6. The Balaban J connectivity index is 1.78. The first kappa shape index (κ1) is 22.9. The maximum absolute atomic E-state index is 13.3. The van der Waals surface area contributed by atoms with Gasteiger partial charge in [-0.3, -0.25) is 4.79 Å². The fraction of sp³-hybridized carbons (Fsp3) is 0.381. The number of carbonyl (C=O) groups is 1. The normalized spacial score (nSPS) is 34.2. The molecule has 1 fully saturated rings. The highest BCUT2D eigenvalue weighted by atomic mass is 16.7. The smallest absolute Gasteiger partial charge is 0.229 e. The monoisotopic (exact) mass is 466 g/mol. The number of aromatic hydroxyl groups is 2. The minimum atomic E-state index is -1.84. The van der Waals surface area contributed by atoms with Crippen LogP contribution in [0.1, 0.15) is 5.56 Å². The Kier molecular flexibility index (Phi) is 5.95. The zero-order chi connectivity index (χ0) is 24.0. The molecule has 1 aromatic carbocycles. The van der Waals surface area contributed by atoms with Crippen LogP contribution in [0.5, 0.6) is 11.5 Å². The Bertz CT molecular complexity index is 1040. The molecule has 8 N–H and O–H groups in total. The van der Waals surface area contributed by atoms with E-state index in [1.807, 2.05) is 0 Å². The minimum Gasteiger partial charge on any atom is -0.511 e. The van der Waals surface area contributed by atoms with Gasteiger partial charge in [-0.05, 0) is 24.3 Å². The van der Waals surface area contributed by atoms with Crippen LogP contribution in [0.25, 0.3) is 5.76 Å². The molecule has 1 saturated heterocycles. The Hall–Kier alpha value is -3.29. The number of hydrogen-bond acceptors (Lipinski definition) is 12. The van der Waals surface area contributed by atoms with Gasteiger partial charge < -0.3 is 55.1 Å². The zero-order valence-electron chi connectivity index (χ0n) is 16.8. The number of aliphatic hydroxyl groups is 6. The van der Waals surface area contributed by atoms with Crippen LogP contribution in [0, 0.1) is 5.92 Å². The third-order valence-corrected chi connectivity index (χ3v) is 5.56. The van der Waals surface area contributed by atoms with Crippen molar-refractivity contribution in [3.8, 4) is 11.5 Å². The maximum atomic E-state index is 13.3. The van der Waals surface area contributed by atoms with Crippen LogP contribution in [0.4, 0.5) is 0 Å². The predicted molar refractivity (Wildman–Crippen MR) is 106 cm³/mol. The van der Waals surface area contributed by atoms with Crippen LogP contribution >= 0.6 is 0 Å². The Labute approximate surface area is 186 Å². The number of allylic oxidation sites excluding steroid dienone is 2. The van der Waals surface area contributed by atoms with E-state index in [0.717, 1.165) is 18.2 Å². The van der Waals surface area contributed by atoms with E-state index in [1.54, 1.807) is 0 Å². The van der Waals surface area contributed by atoms with E-state index >= 15 is 0 Å². The zero-order valence-corrected chi connectivity index (χ0v) is 16.8. The van der Waals surface area contributed by atoms with Crippen molar-refractivity contribution in [2.45, 2.75) is 36.8 Å². The molecule has 178 valence electrons. The molecule has 0 bridgehead atoms. The van der Waals surface area contributed by atoms with Crippen molar-refractivity contribution >= 4 is 11.5 Å². The lowest BCUT2D eigenvalue weighted by atomic mass is 9.86. The van der Waals surface area contributed by atoms with E-state index in [1.165, 1.54) is 12.1 Å². The van der Waals surface area contributed by atoms with Gasteiger partial charge in [-0.25, -0.2) is 0 Å². The van der Waals surface area contributed by atoms with Gasteiger partial charge in [0.05, 0.1) is 6.61 Å². The molecule has 0 amide bonds. The summed E-state index contributed by atoms with van der Waals surface area (Å²) in [6.45, 7) is -0.731. The predicted octanol–water partition coefficient (Wildman–Crippen LogP) is -0.936. The first-order chi connectivity index (χ1) is 15.6. The molecule has 3 aliphatic rings. The van der Waals surface area contributed by atoms with Gasteiger partial charge in [0.15, 0.2) is 17.3 Å². The van der Waals surface area contributed by atoms with Crippen LogP contribution < -0.4 is 0 Å². The molecular weight excluding hydrogens is 444 g/mol. The molecular formula is C21H22O12. The Morgan fingerprint density at radius 3 is 2.36 bits per heavy atom. The first-order valence-corrected chi connectivity index (χ1v) is 9.88. The lowest BCUT2D eigenvalue weighted by Gasteiger charge is -2.41. The summed E-state index contributed by atoms with van der Waals surface area (Å²) >= 11 is 0. The van der Waals surface area contributed by atoms with Gasteiger partial charge in [-0.15, -0.1) is 0 Å². The van der Waals surface area contributed by atoms with Crippen molar-refractivity contribution < 1.29 is 59.9 Å². The van der Waals surface area contributed by atoms with Gasteiger partial charge in [0, 0.05) is 11.6 Å². The molecule has 4 rings (SSSR count). The number of rotatable bonds is 4. The summed E-state index contributed by atoms with van der Waals surface area (Å²) in [5.41, 5.74) is 0.0543. The Morgan fingerprint density at radius 1 is 0.970 bits per heavy atom. The molecule has 1 aliphatic carbocycles. The van der Waals surface area contributed by atoms with Gasteiger partial charge >= 0.3 is 0 Å². The van der Waals surface area contributed by atoms with E-state index in [2.05, 4.69) is 0 Å². The highest BCUT2D eigenvalue weighted by Gasteiger charge is 2.49. The standard InChI is InChI=1S/C21H22O12/c22-6-13-15(27)17(29)18(30)21(32-13)33-20-16(28)14-11(26)4-8(23)5-12(14)31-19(20)7-1-2-9(24)10(25)3-7/h1-5,12-15,17-18,21-27,29-30H,6H2/t12-,13+,14+,15+,17-,18+,21-/m0/s1. The van der Waals surface area contributed by atoms with Gasteiger partial charge in [0.25, 0.3) is 0 Å². The van der Waals surface area contributed by atoms with Crippen molar-refractivity contribution in [2.24, 2.45) is 5.92 Å². The van der Waals surface area contributed by atoms with Gasteiger partial charge in [0.1, 0.15) is 48.0 Å². The van der Waals surface area contributed by atoms with Crippen LogP contribution in [0.2, 0.25) is 0 Å². The van der Waals surface area contributed by atoms with Crippen molar-refractivity contribution in [2.75, 3.05) is 6.61 Å². The SMILES string of the molecule is O=C1C(O[C@@H]2O[C@H](CO)[C@@H](O)[C@H](O)[C@H]2O)=C(c2ccc(O)c(O)c2)O[C@H]2C=C(O)C=C(O)[C@@H]12. The molecule has 0 spiro atoms. The van der Waals surface area contributed by atoms with Crippen molar-refractivity contribution in [3.05, 3.63) is 53.2 Å². The fourth-order valence-corrected chi connectivity index (χ4v) is 3.81. The van der Waals surface area contributed by atoms with Crippen LogP contribution in [0.3, 0.4) is 0 Å². The number of hydrogen-bond donors (Lipinski definition) is 8. The summed E-state index contributed by atoms with van der Waals surface area (Å²) in [6, 6.07) is 3.47. The largest absolute Gasteiger partial charge is 0.511 e. The summed E-state index contributed by atoms with van der Waals surface area (Å²) in [6.07, 6.45) is -7.36. The van der Waals surface area contributed by atoms with Crippen molar-refractivity contribution in [3.63, 3.8) is 0 Å². The third kappa shape index (κ3) is 3.98. The number of carbonyl (C=O) groups excluding carboxylic acids is 1. The topological polar surface area (TPSA) is 207 Å². The van der Waals surface area contributed by atoms with Crippen molar-refractivity contribution in [1.29, 1.82) is 0 Å². The summed E-state index contributed by atoms with van der Waals surface area (Å²) < 4.78 is 16.6. The molecule has 12 nitrogen and oxygen atoms in total. The average molecular weight is 466 g/mol. The lowest BCUT2D eigenvalue weighted by Crippen LogP contribution is -2.59. The summed E-state index contributed by atoms with van der Waals surface area (Å²) in [5, 5.41) is 79.2. The van der Waals surface area contributed by atoms with E-state index in [4.69, 9.17) is 14.2 Å². The Morgan fingerprint density at radius 2 is 1.70 bits per heavy atom. The molecule has 0 unspecified atom stereocenters.